The average Bonchev–Trinajstić information content (AvgIpc) is 2.91. The first-order valence-electron chi connectivity index (χ1n) is 5.77. The Morgan fingerprint density at radius 2 is 2.00 bits per heavy atom. The van der Waals surface area contributed by atoms with Gasteiger partial charge in [0.25, 0.3) is 0 Å². The van der Waals surface area contributed by atoms with Gasteiger partial charge in [-0.3, -0.25) is 0 Å². The molecule has 0 aromatic heterocycles. The van der Waals surface area contributed by atoms with E-state index >= 15 is 0 Å². The Labute approximate surface area is 92.6 Å². The smallest absolute Gasteiger partial charge is 0.118 e. The molecule has 2 aliphatic rings. The second-order valence-corrected chi connectivity index (χ2v) is 7.23. The molecule has 80 valence electrons. The second-order valence-electron chi connectivity index (χ2n) is 4.68. The van der Waals surface area contributed by atoms with E-state index in [1.807, 2.05) is 0 Å². The molecule has 0 radical (unpaired) electrons. The molecule has 3 atom stereocenters. The summed E-state index contributed by atoms with van der Waals surface area (Å²) < 4.78 is 5.20. The summed E-state index contributed by atoms with van der Waals surface area (Å²) in [7, 11) is 1.91. The molecule has 0 spiro atoms. The van der Waals surface area contributed by atoms with Gasteiger partial charge in [0.15, 0.2) is 0 Å². The van der Waals surface area contributed by atoms with Crippen molar-refractivity contribution in [2.45, 2.75) is 24.9 Å². The predicted octanol–water partition coefficient (Wildman–Crippen LogP) is 2.98. The van der Waals surface area contributed by atoms with Crippen molar-refractivity contribution in [1.82, 2.24) is 0 Å². The van der Waals surface area contributed by atoms with Gasteiger partial charge in [0.05, 0.1) is 7.11 Å². The van der Waals surface area contributed by atoms with Crippen LogP contribution in [0.2, 0.25) is 0 Å². The zero-order valence-electron chi connectivity index (χ0n) is 9.15. The third-order valence-corrected chi connectivity index (χ3v) is 7.04. The molecule has 1 heterocycles. The molecule has 0 amide bonds. The number of fused-ring (bicyclic) bond motifs is 2. The van der Waals surface area contributed by atoms with E-state index < -0.39 is 0 Å². The van der Waals surface area contributed by atoms with Gasteiger partial charge in [-0.2, -0.15) is 0 Å². The summed E-state index contributed by atoms with van der Waals surface area (Å²) in [6, 6.07) is 8.80. The molecule has 1 aliphatic carbocycles. The first-order valence-corrected chi connectivity index (χ1v) is 7.37. The van der Waals surface area contributed by atoms with Crippen LogP contribution in [0, 0.1) is 5.92 Å². The lowest BCUT2D eigenvalue weighted by atomic mass is 10.1. The van der Waals surface area contributed by atoms with Crippen molar-refractivity contribution in [2.24, 2.45) is 5.92 Å². The van der Waals surface area contributed by atoms with E-state index in [1.165, 1.54) is 25.4 Å². The Morgan fingerprint density at radius 3 is 2.53 bits per heavy atom. The number of hydrogen-bond acceptors (Lipinski definition) is 1. The standard InChI is InChI=1S/C13H17OP/c1-14-11-3-6-12(7-4-11)15-9-10-2-5-13(15)8-10/h3-4,6-7,10,13H,2,5,8-9H2,1H3/t10?,13-,15+/m0/s1. The van der Waals surface area contributed by atoms with Crippen molar-refractivity contribution in [3.05, 3.63) is 24.3 Å². The van der Waals surface area contributed by atoms with Crippen LogP contribution in [0.3, 0.4) is 0 Å². The van der Waals surface area contributed by atoms with E-state index in [4.69, 9.17) is 4.74 Å². The van der Waals surface area contributed by atoms with Crippen LogP contribution in [0.5, 0.6) is 5.75 Å². The summed E-state index contributed by atoms with van der Waals surface area (Å²) in [4.78, 5) is 0. The fourth-order valence-corrected chi connectivity index (χ4v) is 6.38. The molecule has 2 fully saturated rings. The quantitative estimate of drug-likeness (QED) is 0.696. The summed E-state index contributed by atoms with van der Waals surface area (Å²) in [5, 5.41) is 1.60. The lowest BCUT2D eigenvalue weighted by Crippen LogP contribution is -2.11. The van der Waals surface area contributed by atoms with Crippen LogP contribution in [0.1, 0.15) is 19.3 Å². The molecular weight excluding hydrogens is 203 g/mol. The van der Waals surface area contributed by atoms with Crippen molar-refractivity contribution in [2.75, 3.05) is 13.3 Å². The monoisotopic (exact) mass is 220 g/mol. The van der Waals surface area contributed by atoms with Crippen LogP contribution in [0.4, 0.5) is 0 Å². The van der Waals surface area contributed by atoms with Gasteiger partial charge in [0.1, 0.15) is 5.75 Å². The summed E-state index contributed by atoms with van der Waals surface area (Å²) in [5.74, 6) is 2.04. The predicted molar refractivity (Wildman–Crippen MR) is 65.5 cm³/mol. The Balaban J connectivity index is 1.81. The maximum absolute atomic E-state index is 5.20. The minimum absolute atomic E-state index is 0.173. The number of hydrogen-bond donors (Lipinski definition) is 0. The highest BCUT2D eigenvalue weighted by Gasteiger charge is 2.39. The zero-order chi connectivity index (χ0) is 10.3. The Hall–Kier alpha value is -0.550. The molecule has 1 aliphatic heterocycles. The van der Waals surface area contributed by atoms with Gasteiger partial charge in [-0.25, -0.2) is 0 Å². The SMILES string of the molecule is COc1ccc([P@@]2CC3CC[C@H]2C3)cc1. The van der Waals surface area contributed by atoms with Crippen LogP contribution in [-0.4, -0.2) is 18.9 Å². The molecule has 2 heteroatoms. The summed E-state index contributed by atoms with van der Waals surface area (Å²) in [5.41, 5.74) is 1.04. The van der Waals surface area contributed by atoms with Crippen LogP contribution in [0.25, 0.3) is 0 Å². The van der Waals surface area contributed by atoms with Crippen LogP contribution >= 0.6 is 7.92 Å². The van der Waals surface area contributed by atoms with Crippen LogP contribution < -0.4 is 10.0 Å². The largest absolute Gasteiger partial charge is 0.497 e. The molecule has 2 bridgehead atoms. The summed E-state index contributed by atoms with van der Waals surface area (Å²) in [6.07, 6.45) is 5.99. The number of benzene rings is 1. The minimum atomic E-state index is 0.173. The van der Waals surface area contributed by atoms with E-state index in [1.54, 1.807) is 12.4 Å². The van der Waals surface area contributed by atoms with Gasteiger partial charge in [-0.1, -0.05) is 20.1 Å². The zero-order valence-corrected chi connectivity index (χ0v) is 10.0. The van der Waals surface area contributed by atoms with Crippen molar-refractivity contribution in [3.8, 4) is 5.75 Å². The van der Waals surface area contributed by atoms with Gasteiger partial charge < -0.3 is 4.74 Å². The van der Waals surface area contributed by atoms with E-state index in [0.29, 0.717) is 0 Å². The highest BCUT2D eigenvalue weighted by atomic mass is 31.1. The maximum Gasteiger partial charge on any atom is 0.118 e. The third kappa shape index (κ3) is 1.67. The second kappa shape index (κ2) is 3.79. The molecule has 1 saturated heterocycles. The fraction of sp³-hybridized carbons (Fsp3) is 0.538. The lowest BCUT2D eigenvalue weighted by Gasteiger charge is -2.22. The van der Waals surface area contributed by atoms with Crippen molar-refractivity contribution in [3.63, 3.8) is 0 Å². The van der Waals surface area contributed by atoms with E-state index in [9.17, 15) is 0 Å². The molecule has 1 nitrogen and oxygen atoms in total. The van der Waals surface area contributed by atoms with E-state index in [0.717, 1.165) is 17.3 Å². The molecule has 15 heavy (non-hydrogen) atoms. The summed E-state index contributed by atoms with van der Waals surface area (Å²) in [6.45, 7) is 0. The molecule has 0 N–H and O–H groups in total. The number of methoxy groups -OCH3 is 1. The molecule has 1 aromatic carbocycles. The lowest BCUT2D eigenvalue weighted by molar-refractivity contribution is 0.415. The van der Waals surface area contributed by atoms with Crippen molar-refractivity contribution < 1.29 is 4.74 Å². The normalized spacial score (nSPS) is 33.3. The molecule has 1 aromatic rings. The number of rotatable bonds is 2. The summed E-state index contributed by atoms with van der Waals surface area (Å²) >= 11 is 0. The first kappa shape index (κ1) is 9.66. The van der Waals surface area contributed by atoms with Crippen molar-refractivity contribution >= 4 is 13.2 Å². The molecule has 3 rings (SSSR count). The molecule has 1 unspecified atom stereocenters. The van der Waals surface area contributed by atoms with Gasteiger partial charge in [0.2, 0.25) is 0 Å². The Morgan fingerprint density at radius 1 is 1.20 bits per heavy atom. The third-order valence-electron chi connectivity index (χ3n) is 3.81. The Bertz CT molecular complexity index is 346. The van der Waals surface area contributed by atoms with Crippen LogP contribution in [-0.2, 0) is 0 Å². The average molecular weight is 220 g/mol. The van der Waals surface area contributed by atoms with Crippen molar-refractivity contribution in [1.29, 1.82) is 0 Å². The fourth-order valence-electron chi connectivity index (χ4n) is 3.01. The maximum atomic E-state index is 5.20. The highest BCUT2D eigenvalue weighted by molar-refractivity contribution is 7.66. The van der Waals surface area contributed by atoms with E-state index in [2.05, 4.69) is 24.3 Å². The molecule has 1 saturated carbocycles. The van der Waals surface area contributed by atoms with E-state index in [-0.39, 0.29) is 7.92 Å². The van der Waals surface area contributed by atoms with Crippen LogP contribution in [0.15, 0.2) is 24.3 Å². The number of ether oxygens (including phenoxy) is 1. The Kier molecular flexibility index (Phi) is 2.44. The van der Waals surface area contributed by atoms with Gasteiger partial charge >= 0.3 is 0 Å². The first-order chi connectivity index (χ1) is 7.36. The highest BCUT2D eigenvalue weighted by Crippen LogP contribution is 2.59. The van der Waals surface area contributed by atoms with Gasteiger partial charge in [0, 0.05) is 0 Å². The topological polar surface area (TPSA) is 9.23 Å². The van der Waals surface area contributed by atoms with Gasteiger partial charge in [-0.05, 0) is 54.4 Å². The van der Waals surface area contributed by atoms with Gasteiger partial charge in [-0.15, -0.1) is 0 Å². The molecular formula is C13H17OP. The minimum Gasteiger partial charge on any atom is -0.497 e.